The molecule has 1 fully saturated rings. The Bertz CT molecular complexity index is 596. The summed E-state index contributed by atoms with van der Waals surface area (Å²) in [5.41, 5.74) is 1.02. The fraction of sp³-hybridized carbons (Fsp3) is 0.471. The lowest BCUT2D eigenvalue weighted by molar-refractivity contribution is -0.123. The van der Waals surface area contributed by atoms with Crippen LogP contribution in [0.5, 0.6) is 0 Å². The van der Waals surface area contributed by atoms with Gasteiger partial charge in [0, 0.05) is 11.7 Å². The minimum Gasteiger partial charge on any atom is -0.462 e. The van der Waals surface area contributed by atoms with Crippen molar-refractivity contribution in [2.24, 2.45) is 0 Å². The number of anilines is 1. The Morgan fingerprint density at radius 3 is 2.33 bits per heavy atom. The van der Waals surface area contributed by atoms with Crippen molar-refractivity contribution in [2.75, 3.05) is 32.1 Å². The molecule has 0 unspecified atom stereocenters. The van der Waals surface area contributed by atoms with Gasteiger partial charge in [-0.1, -0.05) is 0 Å². The van der Waals surface area contributed by atoms with Crippen molar-refractivity contribution in [3.8, 4) is 0 Å². The minimum atomic E-state index is -0.392. The zero-order valence-corrected chi connectivity index (χ0v) is 14.0. The first kappa shape index (κ1) is 17.9. The van der Waals surface area contributed by atoms with Gasteiger partial charge < -0.3 is 15.4 Å². The molecule has 0 atom stereocenters. The van der Waals surface area contributed by atoms with E-state index in [1.807, 2.05) is 0 Å². The van der Waals surface area contributed by atoms with Crippen LogP contribution >= 0.6 is 0 Å². The second-order valence-corrected chi connectivity index (χ2v) is 5.86. The topological polar surface area (TPSA) is 87.7 Å². The highest BCUT2D eigenvalue weighted by molar-refractivity contribution is 5.94. The zero-order valence-electron chi connectivity index (χ0n) is 14.0. The third-order valence-electron chi connectivity index (χ3n) is 3.45. The molecule has 1 aliphatic carbocycles. The minimum absolute atomic E-state index is 0.0633. The van der Waals surface area contributed by atoms with Crippen molar-refractivity contribution >= 4 is 23.5 Å². The molecule has 2 N–H and O–H groups in total. The van der Waals surface area contributed by atoms with E-state index in [1.165, 1.54) is 0 Å². The number of amides is 2. The molecule has 0 aromatic heterocycles. The number of hydrogen-bond donors (Lipinski definition) is 2. The highest BCUT2D eigenvalue weighted by Crippen LogP contribution is 2.18. The van der Waals surface area contributed by atoms with Crippen molar-refractivity contribution < 1.29 is 19.1 Å². The summed E-state index contributed by atoms with van der Waals surface area (Å²) < 4.78 is 4.90. The van der Waals surface area contributed by atoms with Gasteiger partial charge in [0.25, 0.3) is 0 Å². The molecule has 130 valence electrons. The van der Waals surface area contributed by atoms with Gasteiger partial charge in [-0.15, -0.1) is 0 Å². The summed E-state index contributed by atoms with van der Waals surface area (Å²) >= 11 is 0. The molecule has 2 amide bonds. The smallest absolute Gasteiger partial charge is 0.338 e. The quantitative estimate of drug-likeness (QED) is 0.693. The first-order chi connectivity index (χ1) is 11.5. The number of benzene rings is 1. The highest BCUT2D eigenvalue weighted by Gasteiger charge is 2.23. The molecule has 0 spiro atoms. The van der Waals surface area contributed by atoms with Crippen LogP contribution < -0.4 is 10.6 Å². The molecule has 7 heteroatoms. The standard InChI is InChI=1S/C17H23N3O4/c1-3-24-17(23)12-4-6-13(7-5-12)18-15(21)10-20(2)11-16(22)19-14-8-9-14/h4-7,14H,3,8-11H2,1-2H3,(H,18,21)(H,19,22). The van der Waals surface area contributed by atoms with E-state index in [0.717, 1.165) is 12.8 Å². The summed E-state index contributed by atoms with van der Waals surface area (Å²) in [5, 5.41) is 5.61. The van der Waals surface area contributed by atoms with Gasteiger partial charge in [0.05, 0.1) is 25.3 Å². The molecule has 0 heterocycles. The lowest BCUT2D eigenvalue weighted by atomic mass is 10.2. The molecular weight excluding hydrogens is 310 g/mol. The van der Waals surface area contributed by atoms with E-state index in [4.69, 9.17) is 4.74 Å². The van der Waals surface area contributed by atoms with Gasteiger partial charge in [0.2, 0.25) is 11.8 Å². The molecule has 1 aromatic carbocycles. The predicted octanol–water partition coefficient (Wildman–Crippen LogP) is 1.01. The number of nitrogens with one attached hydrogen (secondary N) is 2. The van der Waals surface area contributed by atoms with Gasteiger partial charge >= 0.3 is 5.97 Å². The fourth-order valence-electron chi connectivity index (χ4n) is 2.15. The average Bonchev–Trinajstić information content (AvgIpc) is 3.31. The molecule has 1 aliphatic rings. The molecule has 1 saturated carbocycles. The lowest BCUT2D eigenvalue weighted by Crippen LogP contribution is -2.39. The number of hydrogen-bond acceptors (Lipinski definition) is 5. The maximum absolute atomic E-state index is 12.0. The normalized spacial score (nSPS) is 13.5. The maximum atomic E-state index is 12.0. The largest absolute Gasteiger partial charge is 0.462 e. The molecule has 1 aromatic rings. The van der Waals surface area contributed by atoms with E-state index < -0.39 is 5.97 Å². The van der Waals surface area contributed by atoms with Crippen LogP contribution in [0.2, 0.25) is 0 Å². The second-order valence-electron chi connectivity index (χ2n) is 5.86. The zero-order chi connectivity index (χ0) is 17.5. The average molecular weight is 333 g/mol. The molecule has 0 saturated heterocycles. The molecule has 7 nitrogen and oxygen atoms in total. The highest BCUT2D eigenvalue weighted by atomic mass is 16.5. The van der Waals surface area contributed by atoms with E-state index in [0.29, 0.717) is 23.9 Å². The van der Waals surface area contributed by atoms with Crippen LogP contribution in [0, 0.1) is 0 Å². The Balaban J connectivity index is 1.76. The van der Waals surface area contributed by atoms with Crippen LogP contribution in [0.15, 0.2) is 24.3 Å². The predicted molar refractivity (Wildman–Crippen MR) is 89.7 cm³/mol. The Kier molecular flexibility index (Phi) is 6.31. The van der Waals surface area contributed by atoms with Crippen molar-refractivity contribution in [1.29, 1.82) is 0 Å². The fourth-order valence-corrected chi connectivity index (χ4v) is 2.15. The van der Waals surface area contributed by atoms with E-state index in [1.54, 1.807) is 43.1 Å². The summed E-state index contributed by atoms with van der Waals surface area (Å²) in [6.07, 6.45) is 2.08. The number of likely N-dealkylation sites (N-methyl/N-ethyl adjacent to an activating group) is 1. The van der Waals surface area contributed by atoms with Gasteiger partial charge in [0.1, 0.15) is 0 Å². The van der Waals surface area contributed by atoms with Crippen LogP contribution in [-0.2, 0) is 14.3 Å². The van der Waals surface area contributed by atoms with Crippen LogP contribution in [-0.4, -0.2) is 55.5 Å². The van der Waals surface area contributed by atoms with Gasteiger partial charge in [-0.2, -0.15) is 0 Å². The van der Waals surface area contributed by atoms with Gasteiger partial charge in [-0.05, 0) is 51.1 Å². The van der Waals surface area contributed by atoms with Crippen molar-refractivity contribution in [1.82, 2.24) is 10.2 Å². The lowest BCUT2D eigenvalue weighted by Gasteiger charge is -2.16. The summed E-state index contributed by atoms with van der Waals surface area (Å²) in [4.78, 5) is 36.9. The van der Waals surface area contributed by atoms with Crippen molar-refractivity contribution in [2.45, 2.75) is 25.8 Å². The van der Waals surface area contributed by atoms with E-state index in [-0.39, 0.29) is 24.9 Å². The van der Waals surface area contributed by atoms with Gasteiger partial charge in [-0.3, -0.25) is 14.5 Å². The third-order valence-corrected chi connectivity index (χ3v) is 3.45. The number of esters is 1. The maximum Gasteiger partial charge on any atom is 0.338 e. The molecule has 2 rings (SSSR count). The Morgan fingerprint density at radius 1 is 1.12 bits per heavy atom. The van der Waals surface area contributed by atoms with Crippen LogP contribution in [0.3, 0.4) is 0 Å². The summed E-state index contributed by atoms with van der Waals surface area (Å²) in [6.45, 7) is 2.36. The Hall–Kier alpha value is -2.41. The Labute approximate surface area is 141 Å². The van der Waals surface area contributed by atoms with Crippen LogP contribution in [0.4, 0.5) is 5.69 Å². The van der Waals surface area contributed by atoms with E-state index >= 15 is 0 Å². The number of carbonyl (C=O) groups is 3. The van der Waals surface area contributed by atoms with E-state index in [9.17, 15) is 14.4 Å². The van der Waals surface area contributed by atoms with Crippen molar-refractivity contribution in [3.63, 3.8) is 0 Å². The molecule has 0 radical (unpaired) electrons. The van der Waals surface area contributed by atoms with Gasteiger partial charge in [0.15, 0.2) is 0 Å². The third kappa shape index (κ3) is 6.00. The SMILES string of the molecule is CCOC(=O)c1ccc(NC(=O)CN(C)CC(=O)NC2CC2)cc1. The van der Waals surface area contributed by atoms with Crippen molar-refractivity contribution in [3.05, 3.63) is 29.8 Å². The molecule has 0 aliphatic heterocycles. The number of nitrogens with zero attached hydrogens (tertiary/aromatic N) is 1. The number of carbonyl (C=O) groups excluding carboxylic acids is 3. The van der Waals surface area contributed by atoms with E-state index in [2.05, 4.69) is 10.6 Å². The number of ether oxygens (including phenoxy) is 1. The summed E-state index contributed by atoms with van der Waals surface area (Å²) in [5.74, 6) is -0.677. The number of rotatable bonds is 8. The molecule has 24 heavy (non-hydrogen) atoms. The first-order valence-electron chi connectivity index (χ1n) is 8.03. The monoisotopic (exact) mass is 333 g/mol. The molecular formula is C17H23N3O4. The first-order valence-corrected chi connectivity index (χ1v) is 8.03. The summed E-state index contributed by atoms with van der Waals surface area (Å²) in [6, 6.07) is 6.80. The second kappa shape index (κ2) is 8.44. The Morgan fingerprint density at radius 2 is 1.75 bits per heavy atom. The van der Waals surface area contributed by atoms with Crippen LogP contribution in [0.25, 0.3) is 0 Å². The van der Waals surface area contributed by atoms with Crippen LogP contribution in [0.1, 0.15) is 30.1 Å². The molecule has 0 bridgehead atoms. The van der Waals surface area contributed by atoms with Gasteiger partial charge in [-0.25, -0.2) is 4.79 Å². The summed E-state index contributed by atoms with van der Waals surface area (Å²) in [7, 11) is 1.72.